The van der Waals surface area contributed by atoms with Crippen LogP contribution in [-0.4, -0.2) is 15.0 Å². The van der Waals surface area contributed by atoms with Crippen molar-refractivity contribution in [2.45, 2.75) is 44.9 Å². The molecule has 84 valence electrons. The van der Waals surface area contributed by atoms with Gasteiger partial charge >= 0.3 is 0 Å². The highest BCUT2D eigenvalue weighted by Crippen LogP contribution is 2.28. The first-order valence-electron chi connectivity index (χ1n) is 5.35. The van der Waals surface area contributed by atoms with Crippen molar-refractivity contribution in [2.75, 3.05) is 6.54 Å². The normalized spacial score (nSPS) is 18.9. The van der Waals surface area contributed by atoms with E-state index >= 15 is 0 Å². The molecule has 0 aromatic heterocycles. The number of unbranched alkanes of at least 4 members (excludes halogenated alkanes) is 1. The quantitative estimate of drug-likeness (QED) is 0.659. The summed E-state index contributed by atoms with van der Waals surface area (Å²) < 4.78 is 23.3. The van der Waals surface area contributed by atoms with Crippen LogP contribution in [0, 0.1) is 5.92 Å². The molecule has 0 heterocycles. The van der Waals surface area contributed by atoms with Crippen LogP contribution in [0.15, 0.2) is 0 Å². The molecule has 0 atom stereocenters. The fraction of sp³-hybridized carbons (Fsp3) is 1.00. The Labute approximate surface area is 86.4 Å². The van der Waals surface area contributed by atoms with Gasteiger partial charge in [0.1, 0.15) is 0 Å². The molecule has 14 heavy (non-hydrogen) atoms. The van der Waals surface area contributed by atoms with Crippen LogP contribution < -0.4 is 9.86 Å². The molecule has 5 heteroatoms. The van der Waals surface area contributed by atoms with Crippen molar-refractivity contribution in [3.8, 4) is 0 Å². The maximum atomic E-state index is 10.5. The average molecular weight is 220 g/mol. The number of hydrogen-bond donors (Lipinski definition) is 2. The lowest BCUT2D eigenvalue weighted by molar-refractivity contribution is 0.472. The Morgan fingerprint density at radius 3 is 2.43 bits per heavy atom. The highest BCUT2D eigenvalue weighted by Gasteiger charge is 2.13. The lowest BCUT2D eigenvalue weighted by Gasteiger charge is -2.07. The van der Waals surface area contributed by atoms with Crippen LogP contribution in [0.1, 0.15) is 44.9 Å². The summed E-state index contributed by atoms with van der Waals surface area (Å²) in [5.74, 6) is 0.893. The highest BCUT2D eigenvalue weighted by molar-refractivity contribution is 7.87. The minimum absolute atomic E-state index is 0.478. The first kappa shape index (κ1) is 11.9. The zero-order chi connectivity index (χ0) is 10.4. The van der Waals surface area contributed by atoms with Crippen LogP contribution in [0.2, 0.25) is 0 Å². The topological polar surface area (TPSA) is 72.2 Å². The van der Waals surface area contributed by atoms with Gasteiger partial charge in [-0.15, -0.1) is 0 Å². The number of rotatable bonds is 6. The summed E-state index contributed by atoms with van der Waals surface area (Å²) in [6, 6.07) is 0. The largest absolute Gasteiger partial charge is 0.274 e. The Bertz CT molecular complexity index is 246. The van der Waals surface area contributed by atoms with Gasteiger partial charge < -0.3 is 0 Å². The molecular weight excluding hydrogens is 200 g/mol. The van der Waals surface area contributed by atoms with Crippen molar-refractivity contribution in [3.05, 3.63) is 0 Å². The van der Waals surface area contributed by atoms with E-state index in [0.29, 0.717) is 6.54 Å². The minimum Gasteiger partial charge on any atom is -0.216 e. The van der Waals surface area contributed by atoms with E-state index in [1.807, 2.05) is 0 Å². The number of hydrogen-bond acceptors (Lipinski definition) is 2. The summed E-state index contributed by atoms with van der Waals surface area (Å²) in [5, 5.41) is 4.80. The Kier molecular flexibility index (Phi) is 4.84. The zero-order valence-corrected chi connectivity index (χ0v) is 9.35. The molecule has 0 aromatic carbocycles. The third kappa shape index (κ3) is 5.57. The van der Waals surface area contributed by atoms with Gasteiger partial charge in [-0.3, -0.25) is 0 Å². The molecule has 0 unspecified atom stereocenters. The fourth-order valence-corrected chi connectivity index (χ4v) is 2.50. The standard InChI is InChI=1S/C9H20N2O2S/c10-14(12,13)11-8-4-3-7-9-5-1-2-6-9/h9,11H,1-8H2,(H2,10,12,13). The lowest BCUT2D eigenvalue weighted by atomic mass is 10.0. The molecule has 1 fully saturated rings. The van der Waals surface area contributed by atoms with E-state index in [0.717, 1.165) is 18.8 Å². The molecule has 3 N–H and O–H groups in total. The first-order valence-corrected chi connectivity index (χ1v) is 6.90. The smallest absolute Gasteiger partial charge is 0.216 e. The molecule has 1 aliphatic carbocycles. The predicted octanol–water partition coefficient (Wildman–Crippen LogP) is 1.14. The molecular formula is C9H20N2O2S. The molecule has 1 aliphatic rings. The predicted molar refractivity (Wildman–Crippen MR) is 56.9 cm³/mol. The Morgan fingerprint density at radius 2 is 1.86 bits per heavy atom. The van der Waals surface area contributed by atoms with Crippen LogP contribution in [0.4, 0.5) is 0 Å². The Hall–Kier alpha value is -0.130. The van der Waals surface area contributed by atoms with Crippen molar-refractivity contribution in [2.24, 2.45) is 11.1 Å². The van der Waals surface area contributed by atoms with E-state index in [1.165, 1.54) is 32.1 Å². The van der Waals surface area contributed by atoms with E-state index in [2.05, 4.69) is 4.72 Å². The van der Waals surface area contributed by atoms with Crippen molar-refractivity contribution in [1.82, 2.24) is 4.72 Å². The number of nitrogens with one attached hydrogen (secondary N) is 1. The van der Waals surface area contributed by atoms with Gasteiger partial charge in [0.25, 0.3) is 10.2 Å². The summed E-state index contributed by atoms with van der Waals surface area (Å²) >= 11 is 0. The Balaban J connectivity index is 1.94. The van der Waals surface area contributed by atoms with Crippen molar-refractivity contribution in [1.29, 1.82) is 0 Å². The van der Waals surface area contributed by atoms with Gasteiger partial charge in [-0.1, -0.05) is 38.5 Å². The van der Waals surface area contributed by atoms with Crippen LogP contribution in [0.5, 0.6) is 0 Å². The van der Waals surface area contributed by atoms with Crippen molar-refractivity contribution in [3.63, 3.8) is 0 Å². The Morgan fingerprint density at radius 1 is 1.21 bits per heavy atom. The van der Waals surface area contributed by atoms with Gasteiger partial charge in [0.2, 0.25) is 0 Å². The molecule has 0 aliphatic heterocycles. The fourth-order valence-electron chi connectivity index (χ4n) is 2.07. The molecule has 4 nitrogen and oxygen atoms in total. The van der Waals surface area contributed by atoms with Crippen LogP contribution in [-0.2, 0) is 10.2 Å². The summed E-state index contributed by atoms with van der Waals surface area (Å²) in [6.07, 6.45) is 8.72. The van der Waals surface area contributed by atoms with E-state index in [9.17, 15) is 8.42 Å². The van der Waals surface area contributed by atoms with Gasteiger partial charge in [0.15, 0.2) is 0 Å². The molecule has 0 bridgehead atoms. The van der Waals surface area contributed by atoms with Gasteiger partial charge in [0.05, 0.1) is 0 Å². The van der Waals surface area contributed by atoms with Crippen LogP contribution >= 0.6 is 0 Å². The van der Waals surface area contributed by atoms with E-state index in [4.69, 9.17) is 5.14 Å². The first-order chi connectivity index (χ1) is 6.58. The van der Waals surface area contributed by atoms with Gasteiger partial charge in [-0.25, -0.2) is 9.86 Å². The summed E-state index contributed by atoms with van der Waals surface area (Å²) in [5.41, 5.74) is 0. The lowest BCUT2D eigenvalue weighted by Crippen LogP contribution is -2.31. The second kappa shape index (κ2) is 5.68. The van der Waals surface area contributed by atoms with Crippen LogP contribution in [0.3, 0.4) is 0 Å². The van der Waals surface area contributed by atoms with E-state index < -0.39 is 10.2 Å². The third-order valence-corrected chi connectivity index (χ3v) is 3.42. The average Bonchev–Trinajstić information content (AvgIpc) is 2.54. The van der Waals surface area contributed by atoms with Crippen molar-refractivity contribution >= 4 is 10.2 Å². The molecule has 0 spiro atoms. The molecule has 1 rings (SSSR count). The number of nitrogens with two attached hydrogens (primary N) is 1. The third-order valence-electron chi connectivity index (χ3n) is 2.82. The minimum atomic E-state index is -3.47. The highest BCUT2D eigenvalue weighted by atomic mass is 32.2. The molecule has 0 radical (unpaired) electrons. The van der Waals surface area contributed by atoms with Gasteiger partial charge in [-0.05, 0) is 12.3 Å². The monoisotopic (exact) mass is 220 g/mol. The second-order valence-corrected chi connectivity index (χ2v) is 5.46. The molecule has 0 saturated heterocycles. The SMILES string of the molecule is NS(=O)(=O)NCCCCC1CCCC1. The molecule has 0 amide bonds. The van der Waals surface area contributed by atoms with Gasteiger partial charge in [-0.2, -0.15) is 8.42 Å². The van der Waals surface area contributed by atoms with E-state index in [1.54, 1.807) is 0 Å². The maximum absolute atomic E-state index is 10.5. The summed E-state index contributed by atoms with van der Waals surface area (Å²) in [4.78, 5) is 0. The van der Waals surface area contributed by atoms with Gasteiger partial charge in [0, 0.05) is 6.54 Å². The van der Waals surface area contributed by atoms with E-state index in [-0.39, 0.29) is 0 Å². The van der Waals surface area contributed by atoms with Crippen molar-refractivity contribution < 1.29 is 8.42 Å². The summed E-state index contributed by atoms with van der Waals surface area (Å²) in [7, 11) is -3.47. The molecule has 0 aromatic rings. The second-order valence-electron chi connectivity index (χ2n) is 4.09. The summed E-state index contributed by atoms with van der Waals surface area (Å²) in [6.45, 7) is 0.478. The maximum Gasteiger partial charge on any atom is 0.274 e. The van der Waals surface area contributed by atoms with Crippen LogP contribution in [0.25, 0.3) is 0 Å². The zero-order valence-electron chi connectivity index (χ0n) is 8.54. The molecule has 1 saturated carbocycles.